The number of nitrogens with one attached hydrogen (secondary N) is 1. The number of sulfonamides is 1. The van der Waals surface area contributed by atoms with E-state index in [4.69, 9.17) is 4.74 Å². The average molecular weight is 476 g/mol. The van der Waals surface area contributed by atoms with E-state index in [1.165, 1.54) is 16.4 Å². The zero-order valence-electron chi connectivity index (χ0n) is 17.6. The molecule has 0 aliphatic carbocycles. The lowest BCUT2D eigenvalue weighted by molar-refractivity contribution is 0.122. The highest BCUT2D eigenvalue weighted by Gasteiger charge is 2.30. The highest BCUT2D eigenvalue weighted by atomic mass is 32.2. The van der Waals surface area contributed by atoms with E-state index in [1.807, 2.05) is 11.0 Å². The summed E-state index contributed by atoms with van der Waals surface area (Å²) in [6.07, 6.45) is 1.73. The molecule has 33 heavy (non-hydrogen) atoms. The van der Waals surface area contributed by atoms with Gasteiger partial charge < -0.3 is 14.5 Å². The summed E-state index contributed by atoms with van der Waals surface area (Å²) in [5.41, 5.74) is 0.942. The van der Waals surface area contributed by atoms with Crippen LogP contribution < -0.4 is 9.80 Å². The molecule has 0 saturated carbocycles. The number of morpholine rings is 1. The molecule has 0 spiro atoms. The van der Waals surface area contributed by atoms with Crippen LogP contribution in [0.4, 0.5) is 15.9 Å². The molecule has 0 unspecified atom stereocenters. The third-order valence-corrected chi connectivity index (χ3v) is 7.62. The maximum absolute atomic E-state index is 14.2. The quantitative estimate of drug-likeness (QED) is 0.543. The molecule has 5 rings (SSSR count). The van der Waals surface area contributed by atoms with Gasteiger partial charge in [-0.3, -0.25) is 0 Å². The van der Waals surface area contributed by atoms with Crippen molar-refractivity contribution in [2.45, 2.75) is 4.90 Å². The second-order valence-corrected chi connectivity index (χ2v) is 9.58. The summed E-state index contributed by atoms with van der Waals surface area (Å²) in [7, 11) is -3.83. The zero-order valence-corrected chi connectivity index (χ0v) is 18.4. The van der Waals surface area contributed by atoms with Crippen LogP contribution in [0.5, 0.6) is 0 Å². The molecule has 14 heteroatoms. The molecule has 2 fully saturated rings. The van der Waals surface area contributed by atoms with Crippen molar-refractivity contribution in [3.8, 4) is 11.4 Å². The molecular weight excluding hydrogens is 453 g/mol. The standard InChI is InChI=1S/C19H22FN9O3S/c20-17-2-1-15(12-16(17)19-23-25-26-24-19)33(30,31)29-5-3-28(4-6-29)18-11-14(13-21-22-18)27-7-9-32-10-8-27/h1-2,11-13H,3-10H2,(H,23,24,25,26). The van der Waals surface area contributed by atoms with Gasteiger partial charge in [0.1, 0.15) is 5.82 Å². The number of benzene rings is 1. The molecule has 0 amide bonds. The number of hydrogen-bond acceptors (Lipinski definition) is 10. The summed E-state index contributed by atoms with van der Waals surface area (Å²) in [5, 5.41) is 21.5. The van der Waals surface area contributed by atoms with Crippen molar-refractivity contribution in [2.75, 3.05) is 62.3 Å². The molecule has 2 aliphatic rings. The zero-order chi connectivity index (χ0) is 22.8. The van der Waals surface area contributed by atoms with Crippen LogP contribution in [0.1, 0.15) is 0 Å². The number of rotatable bonds is 5. The number of halogens is 1. The smallest absolute Gasteiger partial charge is 0.243 e. The Morgan fingerprint density at radius 1 is 0.970 bits per heavy atom. The minimum atomic E-state index is -3.83. The van der Waals surface area contributed by atoms with Crippen molar-refractivity contribution in [2.24, 2.45) is 0 Å². The first-order valence-electron chi connectivity index (χ1n) is 10.5. The van der Waals surface area contributed by atoms with E-state index in [2.05, 4.69) is 35.7 Å². The minimum absolute atomic E-state index is 0.00639. The third-order valence-electron chi connectivity index (χ3n) is 5.73. The van der Waals surface area contributed by atoms with Gasteiger partial charge in [-0.1, -0.05) is 0 Å². The first kappa shape index (κ1) is 21.6. The molecule has 0 atom stereocenters. The van der Waals surface area contributed by atoms with Crippen LogP contribution in [0.3, 0.4) is 0 Å². The van der Waals surface area contributed by atoms with E-state index in [0.717, 1.165) is 24.8 Å². The number of H-pyrrole nitrogens is 1. The lowest BCUT2D eigenvalue weighted by atomic mass is 10.2. The van der Waals surface area contributed by atoms with Gasteiger partial charge in [0.15, 0.2) is 5.82 Å². The third kappa shape index (κ3) is 4.36. The molecule has 1 aromatic carbocycles. The van der Waals surface area contributed by atoms with Gasteiger partial charge in [0.25, 0.3) is 0 Å². The Labute approximate surface area is 189 Å². The molecule has 0 bridgehead atoms. The summed E-state index contributed by atoms with van der Waals surface area (Å²) < 4.78 is 47.4. The average Bonchev–Trinajstić information content (AvgIpc) is 3.40. The molecule has 2 aromatic heterocycles. The van der Waals surface area contributed by atoms with Gasteiger partial charge in [0.2, 0.25) is 15.8 Å². The van der Waals surface area contributed by atoms with Crippen molar-refractivity contribution >= 4 is 21.5 Å². The Balaban J connectivity index is 1.30. The fourth-order valence-corrected chi connectivity index (χ4v) is 5.36. The normalized spacial score (nSPS) is 18.0. The van der Waals surface area contributed by atoms with Crippen LogP contribution in [0.25, 0.3) is 11.4 Å². The van der Waals surface area contributed by atoms with Gasteiger partial charge in [0, 0.05) is 45.3 Å². The predicted octanol–water partition coefficient (Wildman–Crippen LogP) is 0.143. The molecule has 2 saturated heterocycles. The van der Waals surface area contributed by atoms with Crippen molar-refractivity contribution in [1.29, 1.82) is 0 Å². The van der Waals surface area contributed by atoms with Crippen LogP contribution in [0, 0.1) is 5.82 Å². The lowest BCUT2D eigenvalue weighted by Gasteiger charge is -2.35. The Morgan fingerprint density at radius 3 is 2.48 bits per heavy atom. The van der Waals surface area contributed by atoms with Gasteiger partial charge in [0.05, 0.1) is 35.6 Å². The number of ether oxygens (including phenoxy) is 1. The van der Waals surface area contributed by atoms with E-state index in [1.54, 1.807) is 6.20 Å². The van der Waals surface area contributed by atoms with Crippen LogP contribution in [-0.4, -0.2) is 96.0 Å². The Bertz CT molecular complexity index is 1210. The summed E-state index contributed by atoms with van der Waals surface area (Å²) >= 11 is 0. The Hall–Kier alpha value is -3.23. The van der Waals surface area contributed by atoms with E-state index in [9.17, 15) is 12.8 Å². The number of aromatic amines is 1. The van der Waals surface area contributed by atoms with Crippen LogP contribution >= 0.6 is 0 Å². The maximum Gasteiger partial charge on any atom is 0.243 e. The van der Waals surface area contributed by atoms with E-state index in [0.29, 0.717) is 32.1 Å². The van der Waals surface area contributed by atoms with Gasteiger partial charge >= 0.3 is 0 Å². The predicted molar refractivity (Wildman–Crippen MR) is 116 cm³/mol. The van der Waals surface area contributed by atoms with Crippen molar-refractivity contribution in [3.63, 3.8) is 0 Å². The molecule has 4 heterocycles. The summed E-state index contributed by atoms with van der Waals surface area (Å²) in [5.74, 6) is 0.0733. The van der Waals surface area contributed by atoms with Crippen LogP contribution in [0.15, 0.2) is 35.4 Å². The highest BCUT2D eigenvalue weighted by molar-refractivity contribution is 7.89. The minimum Gasteiger partial charge on any atom is -0.378 e. The van der Waals surface area contributed by atoms with Gasteiger partial charge in [-0.05, 0) is 23.4 Å². The summed E-state index contributed by atoms with van der Waals surface area (Å²) in [6.45, 7) is 4.37. The van der Waals surface area contributed by atoms with Gasteiger partial charge in [-0.2, -0.15) is 14.6 Å². The molecular formula is C19H22FN9O3S. The monoisotopic (exact) mass is 475 g/mol. The SMILES string of the molecule is O=S(=O)(c1ccc(F)c(-c2nn[nH]n2)c1)N1CCN(c2cc(N3CCOCC3)cnn2)CC1. The number of nitrogens with zero attached hydrogens (tertiary/aromatic N) is 8. The van der Waals surface area contributed by atoms with Crippen molar-refractivity contribution < 1.29 is 17.5 Å². The Kier molecular flexibility index (Phi) is 5.86. The number of anilines is 2. The maximum atomic E-state index is 14.2. The fourth-order valence-electron chi connectivity index (χ4n) is 3.91. The summed E-state index contributed by atoms with van der Waals surface area (Å²) in [4.78, 5) is 4.18. The van der Waals surface area contributed by atoms with Gasteiger partial charge in [-0.25, -0.2) is 12.8 Å². The van der Waals surface area contributed by atoms with Gasteiger partial charge in [-0.15, -0.1) is 15.3 Å². The number of aromatic nitrogens is 6. The topological polar surface area (TPSA) is 133 Å². The largest absolute Gasteiger partial charge is 0.378 e. The first-order valence-corrected chi connectivity index (χ1v) is 11.9. The van der Waals surface area contributed by atoms with Crippen molar-refractivity contribution in [3.05, 3.63) is 36.3 Å². The first-order chi connectivity index (χ1) is 16.0. The number of piperazine rings is 1. The second kappa shape index (κ2) is 8.96. The van der Waals surface area contributed by atoms with Crippen molar-refractivity contribution in [1.82, 2.24) is 35.1 Å². The lowest BCUT2D eigenvalue weighted by Crippen LogP contribution is -2.49. The molecule has 0 radical (unpaired) electrons. The van der Waals surface area contributed by atoms with Crippen LogP contribution in [0.2, 0.25) is 0 Å². The van der Waals surface area contributed by atoms with Crippen LogP contribution in [-0.2, 0) is 14.8 Å². The second-order valence-electron chi connectivity index (χ2n) is 7.64. The molecule has 174 valence electrons. The Morgan fingerprint density at radius 2 is 1.76 bits per heavy atom. The summed E-state index contributed by atoms with van der Waals surface area (Å²) in [6, 6.07) is 5.55. The molecule has 12 nitrogen and oxygen atoms in total. The van der Waals surface area contributed by atoms with E-state index in [-0.39, 0.29) is 29.4 Å². The number of hydrogen-bond donors (Lipinski definition) is 1. The van der Waals surface area contributed by atoms with E-state index >= 15 is 0 Å². The molecule has 1 N–H and O–H groups in total. The van der Waals surface area contributed by atoms with E-state index < -0.39 is 15.8 Å². The highest BCUT2D eigenvalue weighted by Crippen LogP contribution is 2.26. The fraction of sp³-hybridized carbons (Fsp3) is 0.421. The molecule has 3 aromatic rings. The molecule has 2 aliphatic heterocycles. The number of tetrazole rings is 1.